The molecule has 2 rings (SSSR count). The first kappa shape index (κ1) is 15.6. The maximum absolute atomic E-state index is 11.8. The molecule has 1 N–H and O–H groups in total. The SMILES string of the molecule is Cc1ccc(SCCC(=O)NCc2ccccn2)cc1C. The molecule has 0 aliphatic rings. The van der Waals surface area contributed by atoms with Crippen molar-refractivity contribution in [3.63, 3.8) is 0 Å². The van der Waals surface area contributed by atoms with E-state index in [1.54, 1.807) is 18.0 Å². The van der Waals surface area contributed by atoms with E-state index in [4.69, 9.17) is 0 Å². The summed E-state index contributed by atoms with van der Waals surface area (Å²) < 4.78 is 0. The molecule has 0 aliphatic heterocycles. The molecule has 1 aromatic heterocycles. The lowest BCUT2D eigenvalue weighted by Crippen LogP contribution is -2.23. The van der Waals surface area contributed by atoms with Crippen LogP contribution in [0.5, 0.6) is 0 Å². The van der Waals surface area contributed by atoms with Crippen molar-refractivity contribution in [2.45, 2.75) is 31.7 Å². The van der Waals surface area contributed by atoms with E-state index in [-0.39, 0.29) is 5.91 Å². The number of benzene rings is 1. The fraction of sp³-hybridized carbons (Fsp3) is 0.294. The average Bonchev–Trinajstić information content (AvgIpc) is 2.50. The van der Waals surface area contributed by atoms with E-state index in [0.29, 0.717) is 13.0 Å². The normalized spacial score (nSPS) is 10.4. The van der Waals surface area contributed by atoms with Crippen LogP contribution in [0, 0.1) is 13.8 Å². The molecule has 1 amide bonds. The molecule has 1 aromatic carbocycles. The molecule has 2 aromatic rings. The maximum Gasteiger partial charge on any atom is 0.221 e. The quantitative estimate of drug-likeness (QED) is 0.830. The van der Waals surface area contributed by atoms with Crippen LogP contribution in [0.3, 0.4) is 0 Å². The van der Waals surface area contributed by atoms with Crippen molar-refractivity contribution in [2.24, 2.45) is 0 Å². The molecule has 110 valence electrons. The van der Waals surface area contributed by atoms with E-state index in [1.165, 1.54) is 16.0 Å². The van der Waals surface area contributed by atoms with E-state index in [2.05, 4.69) is 42.3 Å². The van der Waals surface area contributed by atoms with Crippen LogP contribution < -0.4 is 5.32 Å². The second-order valence-electron chi connectivity index (χ2n) is 4.94. The predicted molar refractivity (Wildman–Crippen MR) is 87.3 cm³/mol. The number of aryl methyl sites for hydroxylation is 2. The van der Waals surface area contributed by atoms with Crippen molar-refractivity contribution in [1.29, 1.82) is 0 Å². The largest absolute Gasteiger partial charge is 0.350 e. The second kappa shape index (κ2) is 7.84. The standard InChI is InChI=1S/C17H20N2OS/c1-13-6-7-16(11-14(13)2)21-10-8-17(20)19-12-15-5-3-4-9-18-15/h3-7,9,11H,8,10,12H2,1-2H3,(H,19,20). The molecule has 0 radical (unpaired) electrons. The first-order chi connectivity index (χ1) is 10.1. The molecular formula is C17H20N2OS. The van der Waals surface area contributed by atoms with Crippen molar-refractivity contribution in [3.05, 3.63) is 59.4 Å². The summed E-state index contributed by atoms with van der Waals surface area (Å²) >= 11 is 1.72. The fourth-order valence-corrected chi connectivity index (χ4v) is 2.79. The number of carbonyl (C=O) groups excluding carboxylic acids is 1. The zero-order chi connectivity index (χ0) is 15.1. The summed E-state index contributed by atoms with van der Waals surface area (Å²) in [5, 5.41) is 2.89. The average molecular weight is 300 g/mol. The lowest BCUT2D eigenvalue weighted by molar-refractivity contribution is -0.120. The minimum absolute atomic E-state index is 0.0667. The molecule has 0 atom stereocenters. The van der Waals surface area contributed by atoms with Crippen LogP contribution in [-0.4, -0.2) is 16.6 Å². The molecule has 0 aliphatic carbocycles. The van der Waals surface area contributed by atoms with Crippen LogP contribution >= 0.6 is 11.8 Å². The molecule has 0 saturated heterocycles. The summed E-state index contributed by atoms with van der Waals surface area (Å²) in [7, 11) is 0. The highest BCUT2D eigenvalue weighted by Crippen LogP contribution is 2.21. The molecule has 0 spiro atoms. The van der Waals surface area contributed by atoms with Gasteiger partial charge in [0.25, 0.3) is 0 Å². The molecule has 0 bridgehead atoms. The third-order valence-electron chi connectivity index (χ3n) is 3.27. The Morgan fingerprint density at radius 1 is 1.19 bits per heavy atom. The molecular weight excluding hydrogens is 280 g/mol. The Labute approximate surface area is 130 Å². The highest BCUT2D eigenvalue weighted by atomic mass is 32.2. The van der Waals surface area contributed by atoms with Gasteiger partial charge in [-0.05, 0) is 49.2 Å². The molecule has 0 fully saturated rings. The van der Waals surface area contributed by atoms with Gasteiger partial charge in [-0.2, -0.15) is 0 Å². The van der Waals surface area contributed by atoms with Gasteiger partial charge in [-0.3, -0.25) is 9.78 Å². The summed E-state index contributed by atoms with van der Waals surface area (Å²) in [6.45, 7) is 4.71. The summed E-state index contributed by atoms with van der Waals surface area (Å²) in [5.74, 6) is 0.855. The van der Waals surface area contributed by atoms with Gasteiger partial charge in [0.15, 0.2) is 0 Å². The van der Waals surface area contributed by atoms with Crippen LogP contribution in [-0.2, 0) is 11.3 Å². The predicted octanol–water partition coefficient (Wildman–Crippen LogP) is 3.50. The second-order valence-corrected chi connectivity index (χ2v) is 6.11. The van der Waals surface area contributed by atoms with Crippen molar-refractivity contribution in [3.8, 4) is 0 Å². The van der Waals surface area contributed by atoms with Gasteiger partial charge in [0.2, 0.25) is 5.91 Å². The van der Waals surface area contributed by atoms with Crippen molar-refractivity contribution >= 4 is 17.7 Å². The van der Waals surface area contributed by atoms with Gasteiger partial charge >= 0.3 is 0 Å². The van der Waals surface area contributed by atoms with Gasteiger partial charge in [0.05, 0.1) is 12.2 Å². The van der Waals surface area contributed by atoms with Crippen molar-refractivity contribution < 1.29 is 4.79 Å². The number of hydrogen-bond donors (Lipinski definition) is 1. The number of hydrogen-bond acceptors (Lipinski definition) is 3. The number of nitrogens with zero attached hydrogens (tertiary/aromatic N) is 1. The van der Waals surface area contributed by atoms with Gasteiger partial charge in [-0.25, -0.2) is 0 Å². The molecule has 21 heavy (non-hydrogen) atoms. The third-order valence-corrected chi connectivity index (χ3v) is 4.26. The maximum atomic E-state index is 11.8. The Bertz CT molecular complexity index is 599. The molecule has 1 heterocycles. The summed E-state index contributed by atoms with van der Waals surface area (Å²) in [6, 6.07) is 12.1. The van der Waals surface area contributed by atoms with E-state index in [0.717, 1.165) is 11.4 Å². The number of aromatic nitrogens is 1. The molecule has 0 unspecified atom stereocenters. The number of carbonyl (C=O) groups is 1. The lowest BCUT2D eigenvalue weighted by Gasteiger charge is -2.06. The number of pyridine rings is 1. The summed E-state index contributed by atoms with van der Waals surface area (Å²) in [5.41, 5.74) is 3.47. The van der Waals surface area contributed by atoms with Gasteiger partial charge < -0.3 is 5.32 Å². The molecule has 3 nitrogen and oxygen atoms in total. The smallest absolute Gasteiger partial charge is 0.221 e. The van der Waals surface area contributed by atoms with E-state index < -0.39 is 0 Å². The van der Waals surface area contributed by atoms with Gasteiger partial charge in [-0.15, -0.1) is 11.8 Å². The van der Waals surface area contributed by atoms with Crippen LogP contribution in [0.4, 0.5) is 0 Å². The topological polar surface area (TPSA) is 42.0 Å². The fourth-order valence-electron chi connectivity index (χ4n) is 1.85. The van der Waals surface area contributed by atoms with Crippen molar-refractivity contribution in [2.75, 3.05) is 5.75 Å². The Kier molecular flexibility index (Phi) is 5.81. The van der Waals surface area contributed by atoms with Gasteiger partial charge in [0, 0.05) is 23.3 Å². The zero-order valence-corrected chi connectivity index (χ0v) is 13.2. The van der Waals surface area contributed by atoms with Crippen LogP contribution in [0.25, 0.3) is 0 Å². The number of amides is 1. The third kappa shape index (κ3) is 5.23. The first-order valence-corrected chi connectivity index (χ1v) is 8.00. The Hall–Kier alpha value is -1.81. The van der Waals surface area contributed by atoms with Crippen LogP contribution in [0.15, 0.2) is 47.5 Å². The van der Waals surface area contributed by atoms with Crippen molar-refractivity contribution in [1.82, 2.24) is 10.3 Å². The van der Waals surface area contributed by atoms with E-state index in [9.17, 15) is 4.79 Å². The summed E-state index contributed by atoms with van der Waals surface area (Å²) in [6.07, 6.45) is 2.25. The van der Waals surface area contributed by atoms with E-state index >= 15 is 0 Å². The zero-order valence-electron chi connectivity index (χ0n) is 12.4. The minimum Gasteiger partial charge on any atom is -0.350 e. The Balaban J connectivity index is 1.70. The molecule has 0 saturated carbocycles. The van der Waals surface area contributed by atoms with Crippen LogP contribution in [0.2, 0.25) is 0 Å². The highest BCUT2D eigenvalue weighted by Gasteiger charge is 2.03. The Morgan fingerprint density at radius 2 is 2.05 bits per heavy atom. The van der Waals surface area contributed by atoms with Gasteiger partial charge in [0.1, 0.15) is 0 Å². The number of nitrogens with one attached hydrogen (secondary N) is 1. The van der Waals surface area contributed by atoms with Crippen LogP contribution in [0.1, 0.15) is 23.2 Å². The van der Waals surface area contributed by atoms with E-state index in [1.807, 2.05) is 18.2 Å². The van der Waals surface area contributed by atoms with Gasteiger partial charge in [-0.1, -0.05) is 12.1 Å². The number of thioether (sulfide) groups is 1. The minimum atomic E-state index is 0.0667. The molecule has 4 heteroatoms. The summed E-state index contributed by atoms with van der Waals surface area (Å²) in [4.78, 5) is 17.2. The Morgan fingerprint density at radius 3 is 2.76 bits per heavy atom. The number of rotatable bonds is 6. The monoisotopic (exact) mass is 300 g/mol. The lowest BCUT2D eigenvalue weighted by atomic mass is 10.1. The first-order valence-electron chi connectivity index (χ1n) is 7.02. The highest BCUT2D eigenvalue weighted by molar-refractivity contribution is 7.99.